The van der Waals surface area contributed by atoms with Gasteiger partial charge in [-0.25, -0.2) is 18.4 Å². The first-order valence-electron chi connectivity index (χ1n) is 7.87. The molecule has 3 rings (SSSR count). The van der Waals surface area contributed by atoms with E-state index in [2.05, 4.69) is 9.97 Å². The summed E-state index contributed by atoms with van der Waals surface area (Å²) < 4.78 is 25.0. The van der Waals surface area contributed by atoms with Crippen LogP contribution in [-0.4, -0.2) is 58.4 Å². The summed E-state index contributed by atoms with van der Waals surface area (Å²) in [5.41, 5.74) is 0.448. The monoisotopic (exact) mass is 348 g/mol. The second-order valence-electron chi connectivity index (χ2n) is 5.95. The molecule has 2 aromatic rings. The van der Waals surface area contributed by atoms with Crippen LogP contribution in [0.3, 0.4) is 0 Å². The molecule has 24 heavy (non-hydrogen) atoms. The maximum absolute atomic E-state index is 12.5. The number of pyridine rings is 1. The van der Waals surface area contributed by atoms with Crippen LogP contribution < -0.4 is 0 Å². The summed E-state index contributed by atoms with van der Waals surface area (Å²) in [6.07, 6.45) is 6.35. The maximum atomic E-state index is 12.5. The summed E-state index contributed by atoms with van der Waals surface area (Å²) in [6.45, 7) is 2.02. The Bertz CT molecular complexity index is 842. The molecule has 0 bridgehead atoms. The van der Waals surface area contributed by atoms with Crippen molar-refractivity contribution in [3.05, 3.63) is 42.1 Å². The quantitative estimate of drug-likeness (QED) is 0.826. The van der Waals surface area contributed by atoms with E-state index in [0.717, 1.165) is 12.2 Å². The molecule has 0 radical (unpaired) electrons. The molecule has 7 nitrogen and oxygen atoms in total. The van der Waals surface area contributed by atoms with Gasteiger partial charge in [0.1, 0.15) is 11.6 Å². The van der Waals surface area contributed by atoms with E-state index in [0.29, 0.717) is 17.8 Å². The molecule has 1 fully saturated rings. The number of amides is 1. The van der Waals surface area contributed by atoms with Crippen LogP contribution in [0.25, 0.3) is 5.82 Å². The topological polar surface area (TPSA) is 85.2 Å². The van der Waals surface area contributed by atoms with E-state index >= 15 is 0 Å². The van der Waals surface area contributed by atoms with E-state index in [9.17, 15) is 13.2 Å². The van der Waals surface area contributed by atoms with E-state index in [1.54, 1.807) is 25.4 Å². The van der Waals surface area contributed by atoms with Crippen molar-refractivity contribution < 1.29 is 13.2 Å². The number of aryl methyl sites for hydroxylation is 1. The predicted molar refractivity (Wildman–Crippen MR) is 89.9 cm³/mol. The molecule has 8 heteroatoms. The van der Waals surface area contributed by atoms with E-state index in [4.69, 9.17) is 0 Å². The van der Waals surface area contributed by atoms with Crippen LogP contribution in [-0.2, 0) is 16.3 Å². The van der Waals surface area contributed by atoms with Gasteiger partial charge in [-0.2, -0.15) is 0 Å². The zero-order chi connectivity index (χ0) is 17.3. The molecule has 0 saturated carbocycles. The maximum Gasteiger partial charge on any atom is 0.255 e. The Kier molecular flexibility index (Phi) is 4.40. The van der Waals surface area contributed by atoms with Crippen molar-refractivity contribution in [2.75, 3.05) is 18.6 Å². The Morgan fingerprint density at radius 1 is 1.38 bits per heavy atom. The molecule has 1 atom stereocenters. The third-order valence-electron chi connectivity index (χ3n) is 4.35. The lowest BCUT2D eigenvalue weighted by Gasteiger charge is -2.23. The van der Waals surface area contributed by atoms with Gasteiger partial charge in [-0.1, -0.05) is 6.92 Å². The lowest BCUT2D eigenvalue weighted by molar-refractivity contribution is 0.0747. The smallest absolute Gasteiger partial charge is 0.255 e. The van der Waals surface area contributed by atoms with E-state index in [1.165, 1.54) is 11.1 Å². The molecule has 0 spiro atoms. The van der Waals surface area contributed by atoms with Crippen molar-refractivity contribution in [2.24, 2.45) is 0 Å². The van der Waals surface area contributed by atoms with Gasteiger partial charge in [0, 0.05) is 38.1 Å². The first-order chi connectivity index (χ1) is 11.4. The first-order valence-corrected chi connectivity index (χ1v) is 9.69. The number of aromatic nitrogens is 3. The summed E-state index contributed by atoms with van der Waals surface area (Å²) >= 11 is 0. The zero-order valence-corrected chi connectivity index (χ0v) is 14.5. The fourth-order valence-corrected chi connectivity index (χ4v) is 4.68. The SMILES string of the molecule is CCc1nccn1-c1ccc(C(=O)N(C)[C@H]2CCS(=O)(=O)C2)cn1. The minimum absolute atomic E-state index is 0.0373. The number of carbonyl (C=O) groups excluding carboxylic acids is 1. The summed E-state index contributed by atoms with van der Waals surface area (Å²) in [5.74, 6) is 1.57. The Hall–Kier alpha value is -2.22. The molecule has 0 unspecified atom stereocenters. The lowest BCUT2D eigenvalue weighted by Crippen LogP contribution is -2.37. The molecule has 1 saturated heterocycles. The first kappa shape index (κ1) is 16.6. The summed E-state index contributed by atoms with van der Waals surface area (Å²) in [5, 5.41) is 0. The molecule has 2 aromatic heterocycles. The third kappa shape index (κ3) is 3.19. The van der Waals surface area contributed by atoms with Gasteiger partial charge in [0.2, 0.25) is 0 Å². The molecular formula is C16H20N4O3S. The summed E-state index contributed by atoms with van der Waals surface area (Å²) in [6, 6.07) is 3.22. The second-order valence-corrected chi connectivity index (χ2v) is 8.17. The number of sulfone groups is 1. The van der Waals surface area contributed by atoms with Gasteiger partial charge in [-0.3, -0.25) is 9.36 Å². The van der Waals surface area contributed by atoms with Gasteiger partial charge in [0.15, 0.2) is 9.84 Å². The van der Waals surface area contributed by atoms with E-state index in [-0.39, 0.29) is 23.5 Å². The van der Waals surface area contributed by atoms with Crippen molar-refractivity contribution >= 4 is 15.7 Å². The summed E-state index contributed by atoms with van der Waals surface area (Å²) in [7, 11) is -1.37. The standard InChI is InChI=1S/C16H20N4O3S/c1-3-14-17-7-8-20(14)15-5-4-12(10-18-15)16(21)19(2)13-6-9-24(22,23)11-13/h4-5,7-8,10,13H,3,6,9,11H2,1-2H3/t13-/m0/s1. The number of imidazole rings is 1. The fourth-order valence-electron chi connectivity index (χ4n) is 2.91. The Morgan fingerprint density at radius 2 is 2.17 bits per heavy atom. The lowest BCUT2D eigenvalue weighted by atomic mass is 10.2. The summed E-state index contributed by atoms with van der Waals surface area (Å²) in [4.78, 5) is 22.6. The number of nitrogens with zero attached hydrogens (tertiary/aromatic N) is 4. The van der Waals surface area contributed by atoms with Crippen LogP contribution >= 0.6 is 0 Å². The van der Waals surface area contributed by atoms with Crippen LogP contribution in [0.2, 0.25) is 0 Å². The van der Waals surface area contributed by atoms with Gasteiger partial charge >= 0.3 is 0 Å². The highest BCUT2D eigenvalue weighted by molar-refractivity contribution is 7.91. The van der Waals surface area contributed by atoms with Gasteiger partial charge in [-0.05, 0) is 18.6 Å². The molecule has 1 amide bonds. The van der Waals surface area contributed by atoms with Crippen LogP contribution in [0.1, 0.15) is 29.5 Å². The molecule has 1 aliphatic rings. The molecule has 3 heterocycles. The van der Waals surface area contributed by atoms with Crippen LogP contribution in [0.15, 0.2) is 30.7 Å². The number of hydrogen-bond donors (Lipinski definition) is 0. The predicted octanol–water partition coefficient (Wildman–Crippen LogP) is 1.09. The van der Waals surface area contributed by atoms with Gasteiger partial charge in [0.05, 0.1) is 17.1 Å². The average molecular weight is 348 g/mol. The Balaban J connectivity index is 1.77. The van der Waals surface area contributed by atoms with Crippen LogP contribution in [0.4, 0.5) is 0 Å². The molecule has 1 aliphatic heterocycles. The number of rotatable bonds is 4. The van der Waals surface area contributed by atoms with Crippen LogP contribution in [0.5, 0.6) is 0 Å². The molecule has 0 aliphatic carbocycles. The minimum Gasteiger partial charge on any atom is -0.338 e. The van der Waals surface area contributed by atoms with Gasteiger partial charge in [0.25, 0.3) is 5.91 Å². The highest BCUT2D eigenvalue weighted by atomic mass is 32.2. The number of carbonyl (C=O) groups is 1. The third-order valence-corrected chi connectivity index (χ3v) is 6.10. The zero-order valence-electron chi connectivity index (χ0n) is 13.7. The van der Waals surface area contributed by atoms with Gasteiger partial charge < -0.3 is 4.90 Å². The Morgan fingerprint density at radius 3 is 2.75 bits per heavy atom. The van der Waals surface area contributed by atoms with Crippen molar-refractivity contribution in [3.63, 3.8) is 0 Å². The Labute approximate surface area is 141 Å². The fraction of sp³-hybridized carbons (Fsp3) is 0.438. The highest BCUT2D eigenvalue weighted by Gasteiger charge is 2.33. The minimum atomic E-state index is -3.02. The highest BCUT2D eigenvalue weighted by Crippen LogP contribution is 2.19. The van der Waals surface area contributed by atoms with Crippen molar-refractivity contribution in [1.29, 1.82) is 0 Å². The van der Waals surface area contributed by atoms with E-state index in [1.807, 2.05) is 17.7 Å². The van der Waals surface area contributed by atoms with Gasteiger partial charge in [-0.15, -0.1) is 0 Å². The van der Waals surface area contributed by atoms with Crippen molar-refractivity contribution in [3.8, 4) is 5.82 Å². The molecule has 128 valence electrons. The largest absolute Gasteiger partial charge is 0.338 e. The number of hydrogen-bond acceptors (Lipinski definition) is 5. The normalized spacial score (nSPS) is 19.3. The second kappa shape index (κ2) is 6.35. The molecule has 0 N–H and O–H groups in total. The average Bonchev–Trinajstić information content (AvgIpc) is 3.19. The molecular weight excluding hydrogens is 328 g/mol. The van der Waals surface area contributed by atoms with Crippen molar-refractivity contribution in [2.45, 2.75) is 25.8 Å². The van der Waals surface area contributed by atoms with Crippen LogP contribution in [0, 0.1) is 0 Å². The molecule has 0 aromatic carbocycles. The van der Waals surface area contributed by atoms with E-state index < -0.39 is 9.84 Å². The van der Waals surface area contributed by atoms with Crippen molar-refractivity contribution in [1.82, 2.24) is 19.4 Å².